The maximum atomic E-state index is 14.2. The van der Waals surface area contributed by atoms with Gasteiger partial charge < -0.3 is 19.1 Å². The van der Waals surface area contributed by atoms with Crippen molar-refractivity contribution in [1.29, 1.82) is 0 Å². The third kappa shape index (κ3) is 9.18. The first-order chi connectivity index (χ1) is 21.8. The van der Waals surface area contributed by atoms with E-state index in [0.29, 0.717) is 0 Å². The van der Waals surface area contributed by atoms with Crippen molar-refractivity contribution >= 4 is 46.7 Å². The summed E-state index contributed by atoms with van der Waals surface area (Å²) < 4.78 is 40.1. The first-order valence-corrected chi connectivity index (χ1v) is 15.4. The fraction of sp³-hybridized carbons (Fsp3) is 0.438. The van der Waals surface area contributed by atoms with Gasteiger partial charge in [-0.25, -0.2) is 18.4 Å². The van der Waals surface area contributed by atoms with Crippen molar-refractivity contribution in [3.8, 4) is 0 Å². The van der Waals surface area contributed by atoms with E-state index >= 15 is 0 Å². The molecule has 2 aromatic carbocycles. The molecule has 0 radical (unpaired) electrons. The second kappa shape index (κ2) is 15.6. The summed E-state index contributed by atoms with van der Waals surface area (Å²) in [7, 11) is 0. The number of nitrogens with zero attached hydrogens (tertiary/aromatic N) is 2. The smallest absolute Gasteiger partial charge is 0.349 e. The lowest BCUT2D eigenvalue weighted by Gasteiger charge is -2.39. The van der Waals surface area contributed by atoms with E-state index in [1.807, 2.05) is 0 Å². The second-order valence-corrected chi connectivity index (χ2v) is 12.0. The van der Waals surface area contributed by atoms with Crippen LogP contribution in [-0.4, -0.2) is 71.0 Å². The van der Waals surface area contributed by atoms with E-state index < -0.39 is 34.8 Å². The molecular formula is C32H34Cl2F2N2O8. The summed E-state index contributed by atoms with van der Waals surface area (Å²) in [6, 6.07) is 8.39. The Morgan fingerprint density at radius 2 is 1.04 bits per heavy atom. The highest BCUT2D eigenvalue weighted by Crippen LogP contribution is 2.31. The minimum absolute atomic E-state index is 0.129. The molecule has 14 heteroatoms. The Hall–Kier alpha value is -3.26. The van der Waals surface area contributed by atoms with Crippen LogP contribution in [0, 0.1) is 11.6 Å². The SMILES string of the molecule is CC(=O)C1(OCc2ccc(Cl)cc2F)CCN(OC(=O)/C=C\C(=O)ON2CCC(OCc3ccc(Cl)cc3F)(C(C)=O)CC2)CC1. The average molecular weight is 684 g/mol. The van der Waals surface area contributed by atoms with E-state index in [1.54, 1.807) is 0 Å². The number of hydrogen-bond donors (Lipinski definition) is 0. The molecule has 0 atom stereocenters. The lowest BCUT2D eigenvalue weighted by Crippen LogP contribution is -2.50. The van der Waals surface area contributed by atoms with E-state index in [9.17, 15) is 28.0 Å². The highest BCUT2D eigenvalue weighted by Gasteiger charge is 2.42. The number of piperidine rings is 2. The standard InChI is InChI=1S/C32H34Cl2F2N2O8/c1-21(39)31(43-19-23-3-5-25(33)17-27(23)35)9-13-37(14-10-31)45-29(41)7-8-30(42)46-38-15-11-32(12-16-38,22(2)40)44-20-24-4-6-26(34)18-28(24)36/h3-8,17-18H,9-16,19-20H2,1-2H3/b8-7-. The molecule has 248 valence electrons. The van der Waals surface area contributed by atoms with E-state index in [2.05, 4.69) is 0 Å². The Bertz CT molecular complexity index is 1380. The van der Waals surface area contributed by atoms with Gasteiger partial charge in [-0.3, -0.25) is 9.59 Å². The van der Waals surface area contributed by atoms with Crippen molar-refractivity contribution in [2.45, 2.75) is 63.9 Å². The fourth-order valence-electron chi connectivity index (χ4n) is 5.23. The monoisotopic (exact) mass is 682 g/mol. The summed E-state index contributed by atoms with van der Waals surface area (Å²) >= 11 is 11.6. The summed E-state index contributed by atoms with van der Waals surface area (Å²) in [5.74, 6) is -3.18. The molecule has 0 amide bonds. The number of benzene rings is 2. The van der Waals surface area contributed by atoms with Crippen LogP contribution in [0.4, 0.5) is 8.78 Å². The van der Waals surface area contributed by atoms with Crippen LogP contribution in [0.25, 0.3) is 0 Å². The maximum Gasteiger partial charge on any atom is 0.349 e. The minimum atomic E-state index is -1.17. The van der Waals surface area contributed by atoms with Crippen molar-refractivity contribution in [2.24, 2.45) is 0 Å². The van der Waals surface area contributed by atoms with Crippen molar-refractivity contribution < 1.29 is 47.1 Å². The van der Waals surface area contributed by atoms with Crippen molar-refractivity contribution in [1.82, 2.24) is 10.1 Å². The molecule has 2 aromatic rings. The zero-order chi connectivity index (χ0) is 33.5. The number of halogens is 4. The number of hydroxylamine groups is 4. The molecule has 0 bridgehead atoms. The second-order valence-electron chi connectivity index (χ2n) is 11.2. The molecule has 0 aliphatic carbocycles. The summed E-state index contributed by atoms with van der Waals surface area (Å²) in [5, 5.41) is 3.21. The van der Waals surface area contributed by atoms with Crippen LogP contribution in [0.5, 0.6) is 0 Å². The van der Waals surface area contributed by atoms with Crippen molar-refractivity contribution in [3.63, 3.8) is 0 Å². The van der Waals surface area contributed by atoms with Gasteiger partial charge in [-0.15, -0.1) is 10.1 Å². The quantitative estimate of drug-likeness (QED) is 0.273. The van der Waals surface area contributed by atoms with Gasteiger partial charge in [0.25, 0.3) is 0 Å². The zero-order valence-corrected chi connectivity index (χ0v) is 26.9. The Morgan fingerprint density at radius 3 is 1.35 bits per heavy atom. The van der Waals surface area contributed by atoms with Gasteiger partial charge in [-0.05, 0) is 63.8 Å². The molecular weight excluding hydrogens is 649 g/mol. The Balaban J connectivity index is 1.21. The van der Waals surface area contributed by atoms with Gasteiger partial charge in [-0.1, -0.05) is 35.3 Å². The molecule has 0 saturated carbocycles. The number of ketones is 2. The van der Waals surface area contributed by atoms with Crippen LogP contribution < -0.4 is 0 Å². The molecule has 2 aliphatic rings. The van der Waals surface area contributed by atoms with Crippen molar-refractivity contribution in [3.05, 3.63) is 81.4 Å². The Labute approximate surface area is 275 Å². The van der Waals surface area contributed by atoms with Gasteiger partial charge in [0.15, 0.2) is 11.6 Å². The number of Topliss-reactive ketones (excluding diaryl/α,β-unsaturated/α-hetero) is 2. The summed E-state index contributed by atoms with van der Waals surface area (Å²) in [6.45, 7) is 3.22. The highest BCUT2D eigenvalue weighted by atomic mass is 35.5. The van der Waals surface area contributed by atoms with Gasteiger partial charge in [0.05, 0.1) is 13.2 Å². The fourth-order valence-corrected chi connectivity index (χ4v) is 5.55. The number of hydrogen-bond acceptors (Lipinski definition) is 10. The van der Waals surface area contributed by atoms with Crippen LogP contribution in [0.1, 0.15) is 50.7 Å². The first-order valence-electron chi connectivity index (χ1n) is 14.6. The molecule has 2 heterocycles. The van der Waals surface area contributed by atoms with E-state index in [4.69, 9.17) is 42.4 Å². The molecule has 10 nitrogen and oxygen atoms in total. The number of carbonyl (C=O) groups is 4. The number of ether oxygens (including phenoxy) is 2. The molecule has 2 aliphatic heterocycles. The predicted molar refractivity (Wildman–Crippen MR) is 162 cm³/mol. The molecule has 0 aromatic heterocycles. The normalized spacial score (nSPS) is 18.3. The van der Waals surface area contributed by atoms with E-state index in [1.165, 1.54) is 60.4 Å². The lowest BCUT2D eigenvalue weighted by atomic mass is 9.88. The van der Waals surface area contributed by atoms with E-state index in [0.717, 1.165) is 12.2 Å². The van der Waals surface area contributed by atoms with Gasteiger partial charge >= 0.3 is 11.9 Å². The number of rotatable bonds is 12. The third-order valence-corrected chi connectivity index (χ3v) is 8.65. The van der Waals surface area contributed by atoms with Gasteiger partial charge in [0, 0.05) is 59.5 Å². The van der Waals surface area contributed by atoms with Gasteiger partial charge in [-0.2, -0.15) is 0 Å². The summed E-state index contributed by atoms with van der Waals surface area (Å²) in [5.41, 5.74) is -1.81. The van der Waals surface area contributed by atoms with Crippen molar-refractivity contribution in [2.75, 3.05) is 26.2 Å². The first kappa shape index (κ1) is 35.6. The predicted octanol–water partition coefficient (Wildman–Crippen LogP) is 5.32. The molecule has 2 saturated heterocycles. The third-order valence-electron chi connectivity index (χ3n) is 8.18. The minimum Gasteiger partial charge on any atom is -0.364 e. The van der Waals surface area contributed by atoms with Crippen LogP contribution in [0.2, 0.25) is 10.0 Å². The zero-order valence-electron chi connectivity index (χ0n) is 25.4. The summed E-state index contributed by atoms with van der Waals surface area (Å²) in [6.07, 6.45) is 2.64. The summed E-state index contributed by atoms with van der Waals surface area (Å²) in [4.78, 5) is 60.2. The molecule has 4 rings (SSSR count). The lowest BCUT2D eigenvalue weighted by molar-refractivity contribution is -0.207. The van der Waals surface area contributed by atoms with E-state index in [-0.39, 0.29) is 97.8 Å². The Kier molecular flexibility index (Phi) is 12.0. The molecule has 46 heavy (non-hydrogen) atoms. The van der Waals surface area contributed by atoms with Gasteiger partial charge in [0.1, 0.15) is 22.8 Å². The average Bonchev–Trinajstić information content (AvgIpc) is 3.00. The Morgan fingerprint density at radius 1 is 0.696 bits per heavy atom. The number of carbonyl (C=O) groups excluding carboxylic acids is 4. The van der Waals surface area contributed by atoms with Crippen LogP contribution >= 0.6 is 23.2 Å². The largest absolute Gasteiger partial charge is 0.364 e. The molecule has 0 N–H and O–H groups in total. The molecule has 2 fully saturated rings. The maximum absolute atomic E-state index is 14.2. The van der Waals surface area contributed by atoms with Crippen LogP contribution in [0.3, 0.4) is 0 Å². The van der Waals surface area contributed by atoms with Crippen LogP contribution in [-0.2, 0) is 51.5 Å². The van der Waals surface area contributed by atoms with Gasteiger partial charge in [0.2, 0.25) is 0 Å². The molecule has 0 unspecified atom stereocenters. The van der Waals surface area contributed by atoms with Crippen LogP contribution in [0.15, 0.2) is 48.6 Å². The topological polar surface area (TPSA) is 112 Å². The molecule has 0 spiro atoms. The highest BCUT2D eigenvalue weighted by molar-refractivity contribution is 6.30.